The summed E-state index contributed by atoms with van der Waals surface area (Å²) < 4.78 is 6.77. The molecule has 0 amide bonds. The maximum atomic E-state index is 5.53. The second-order valence-corrected chi connectivity index (χ2v) is 3.80. The largest absolute Gasteiger partial charge is 0.494 e. The average molecular weight is 191 g/mol. The molecule has 0 saturated carbocycles. The predicted octanol–water partition coefficient (Wildman–Crippen LogP) is 3.49. The third-order valence-corrected chi connectivity index (χ3v) is 2.65. The smallest absolute Gasteiger partial charge is 0.120 e. The van der Waals surface area contributed by atoms with E-state index >= 15 is 0 Å². The molecule has 0 atom stereocenters. The number of fused-ring (bicyclic) bond motifs is 1. The number of ether oxygens (including phenoxy) is 1. The van der Waals surface area contributed by atoms with Crippen molar-refractivity contribution in [2.24, 2.45) is 0 Å². The van der Waals surface area contributed by atoms with Crippen molar-refractivity contribution in [1.29, 1.82) is 0 Å². The number of thiophene rings is 1. The van der Waals surface area contributed by atoms with Crippen molar-refractivity contribution in [2.75, 3.05) is 6.61 Å². The standard InChI is InChI=1S/C11H11OS/c1-2-6-12-10-4-3-9-5-7-13-11(9)8-10/h3-4,7-8H,2,6H2,1H3. The molecule has 0 N–H and O–H groups in total. The van der Waals surface area contributed by atoms with Crippen LogP contribution in [-0.4, -0.2) is 6.61 Å². The van der Waals surface area contributed by atoms with E-state index in [-0.39, 0.29) is 0 Å². The summed E-state index contributed by atoms with van der Waals surface area (Å²) in [7, 11) is 0. The second kappa shape index (κ2) is 3.79. The summed E-state index contributed by atoms with van der Waals surface area (Å²) in [5.74, 6) is 0.963. The summed E-state index contributed by atoms with van der Waals surface area (Å²) in [5.41, 5.74) is 0. The van der Waals surface area contributed by atoms with Crippen LogP contribution in [0.4, 0.5) is 0 Å². The topological polar surface area (TPSA) is 9.23 Å². The van der Waals surface area contributed by atoms with E-state index in [2.05, 4.69) is 25.1 Å². The summed E-state index contributed by atoms with van der Waals surface area (Å²) in [6.07, 6.45) is 1.05. The molecule has 2 rings (SSSR count). The first kappa shape index (κ1) is 8.57. The van der Waals surface area contributed by atoms with Crippen molar-refractivity contribution >= 4 is 21.4 Å². The monoisotopic (exact) mass is 191 g/mol. The van der Waals surface area contributed by atoms with Crippen molar-refractivity contribution in [2.45, 2.75) is 13.3 Å². The Kier molecular flexibility index (Phi) is 2.50. The zero-order valence-corrected chi connectivity index (χ0v) is 8.36. The minimum absolute atomic E-state index is 0.792. The molecule has 0 unspecified atom stereocenters. The average Bonchev–Trinajstić information content (AvgIpc) is 2.61. The fourth-order valence-electron chi connectivity index (χ4n) is 1.19. The van der Waals surface area contributed by atoms with Crippen LogP contribution >= 0.6 is 11.3 Å². The lowest BCUT2D eigenvalue weighted by Gasteiger charge is -2.03. The van der Waals surface area contributed by atoms with Gasteiger partial charge in [-0.05, 0) is 30.0 Å². The Bertz CT molecular complexity index is 392. The maximum absolute atomic E-state index is 5.53. The molecule has 2 aromatic rings. The molecule has 1 aromatic carbocycles. The van der Waals surface area contributed by atoms with Gasteiger partial charge in [0.1, 0.15) is 5.75 Å². The molecular formula is C11H11OS. The lowest BCUT2D eigenvalue weighted by molar-refractivity contribution is 0.318. The highest BCUT2D eigenvalue weighted by Gasteiger charge is 1.97. The van der Waals surface area contributed by atoms with Crippen molar-refractivity contribution in [1.82, 2.24) is 0 Å². The Labute approximate surface area is 82.0 Å². The highest BCUT2D eigenvalue weighted by atomic mass is 32.1. The van der Waals surface area contributed by atoms with E-state index in [1.54, 1.807) is 11.3 Å². The molecule has 0 bridgehead atoms. The number of rotatable bonds is 3. The SMILES string of the molecule is CCCOc1ccc2[c]csc2c1. The summed E-state index contributed by atoms with van der Waals surface area (Å²) in [6.45, 7) is 2.90. The minimum atomic E-state index is 0.792. The van der Waals surface area contributed by atoms with Crippen LogP contribution in [-0.2, 0) is 0 Å². The maximum Gasteiger partial charge on any atom is 0.120 e. The second-order valence-electron chi connectivity index (χ2n) is 2.89. The zero-order valence-electron chi connectivity index (χ0n) is 7.54. The first-order valence-electron chi connectivity index (χ1n) is 4.42. The molecule has 0 aliphatic heterocycles. The van der Waals surface area contributed by atoms with Crippen LogP contribution in [0.5, 0.6) is 5.75 Å². The lowest BCUT2D eigenvalue weighted by atomic mass is 10.2. The molecule has 13 heavy (non-hydrogen) atoms. The van der Waals surface area contributed by atoms with Gasteiger partial charge in [0.25, 0.3) is 0 Å². The first-order valence-corrected chi connectivity index (χ1v) is 5.30. The number of hydrogen-bond acceptors (Lipinski definition) is 2. The van der Waals surface area contributed by atoms with Crippen LogP contribution in [0.1, 0.15) is 13.3 Å². The van der Waals surface area contributed by atoms with E-state index in [1.807, 2.05) is 11.4 Å². The summed E-state index contributed by atoms with van der Waals surface area (Å²) in [5, 5.41) is 3.16. The highest BCUT2D eigenvalue weighted by molar-refractivity contribution is 7.17. The quantitative estimate of drug-likeness (QED) is 0.721. The normalized spacial score (nSPS) is 10.5. The zero-order chi connectivity index (χ0) is 9.10. The molecule has 0 spiro atoms. The summed E-state index contributed by atoms with van der Waals surface area (Å²) in [6, 6.07) is 9.29. The molecule has 0 aliphatic rings. The lowest BCUT2D eigenvalue weighted by Crippen LogP contribution is -1.93. The minimum Gasteiger partial charge on any atom is -0.494 e. The molecule has 1 aromatic heterocycles. The number of hydrogen-bond donors (Lipinski definition) is 0. The van der Waals surface area contributed by atoms with E-state index in [0.29, 0.717) is 0 Å². The van der Waals surface area contributed by atoms with Crippen LogP contribution in [0, 0.1) is 6.07 Å². The molecule has 1 heterocycles. The van der Waals surface area contributed by atoms with Gasteiger partial charge in [-0.2, -0.15) is 0 Å². The van der Waals surface area contributed by atoms with Crippen LogP contribution in [0.25, 0.3) is 10.1 Å². The van der Waals surface area contributed by atoms with Gasteiger partial charge in [0.15, 0.2) is 0 Å². The summed E-state index contributed by atoms with van der Waals surface area (Å²) in [4.78, 5) is 0. The van der Waals surface area contributed by atoms with E-state index in [4.69, 9.17) is 4.74 Å². The molecule has 0 aliphatic carbocycles. The van der Waals surface area contributed by atoms with Gasteiger partial charge in [-0.1, -0.05) is 6.92 Å². The third kappa shape index (κ3) is 1.83. The third-order valence-electron chi connectivity index (χ3n) is 1.83. The fourth-order valence-corrected chi connectivity index (χ4v) is 1.94. The molecule has 0 saturated heterocycles. The fraction of sp³-hybridized carbons (Fsp3) is 0.273. The van der Waals surface area contributed by atoms with Gasteiger partial charge < -0.3 is 4.74 Å². The predicted molar refractivity (Wildman–Crippen MR) is 56.4 cm³/mol. The van der Waals surface area contributed by atoms with Crippen LogP contribution in [0.2, 0.25) is 0 Å². The van der Waals surface area contributed by atoms with Gasteiger partial charge in [0.05, 0.1) is 6.61 Å². The molecule has 1 radical (unpaired) electrons. The Morgan fingerprint density at radius 2 is 2.38 bits per heavy atom. The molecular weight excluding hydrogens is 180 g/mol. The van der Waals surface area contributed by atoms with E-state index in [1.165, 1.54) is 10.1 Å². The Balaban J connectivity index is 2.26. The van der Waals surface area contributed by atoms with Crippen LogP contribution in [0.15, 0.2) is 23.6 Å². The van der Waals surface area contributed by atoms with Crippen LogP contribution < -0.4 is 4.74 Å². The van der Waals surface area contributed by atoms with E-state index in [9.17, 15) is 0 Å². The van der Waals surface area contributed by atoms with Crippen molar-refractivity contribution < 1.29 is 4.74 Å². The molecule has 2 heteroatoms. The van der Waals surface area contributed by atoms with Crippen molar-refractivity contribution in [3.8, 4) is 5.75 Å². The van der Waals surface area contributed by atoms with Gasteiger partial charge in [0, 0.05) is 16.2 Å². The van der Waals surface area contributed by atoms with Crippen molar-refractivity contribution in [3.05, 3.63) is 29.6 Å². The van der Waals surface area contributed by atoms with Gasteiger partial charge in [-0.15, -0.1) is 11.3 Å². The Morgan fingerprint density at radius 1 is 1.46 bits per heavy atom. The van der Waals surface area contributed by atoms with Gasteiger partial charge >= 0.3 is 0 Å². The van der Waals surface area contributed by atoms with Gasteiger partial charge in [-0.3, -0.25) is 0 Å². The molecule has 0 fully saturated rings. The van der Waals surface area contributed by atoms with Crippen molar-refractivity contribution in [3.63, 3.8) is 0 Å². The van der Waals surface area contributed by atoms with Gasteiger partial charge in [0.2, 0.25) is 0 Å². The van der Waals surface area contributed by atoms with E-state index < -0.39 is 0 Å². The van der Waals surface area contributed by atoms with Crippen LogP contribution in [0.3, 0.4) is 0 Å². The highest BCUT2D eigenvalue weighted by Crippen LogP contribution is 2.24. The van der Waals surface area contributed by atoms with E-state index in [0.717, 1.165) is 18.8 Å². The summed E-state index contributed by atoms with van der Waals surface area (Å²) >= 11 is 1.70. The molecule has 1 nitrogen and oxygen atoms in total. The van der Waals surface area contributed by atoms with Gasteiger partial charge in [-0.25, -0.2) is 0 Å². The molecule has 67 valence electrons. The Morgan fingerprint density at radius 3 is 3.23 bits per heavy atom. The number of benzene rings is 1. The first-order chi connectivity index (χ1) is 6.40. The Hall–Kier alpha value is -1.02.